The van der Waals surface area contributed by atoms with Gasteiger partial charge >= 0.3 is 0 Å². The van der Waals surface area contributed by atoms with Gasteiger partial charge in [-0.15, -0.1) is 0 Å². The van der Waals surface area contributed by atoms with Gasteiger partial charge in [0.05, 0.1) is 17.3 Å². The summed E-state index contributed by atoms with van der Waals surface area (Å²) < 4.78 is 0. The van der Waals surface area contributed by atoms with E-state index in [0.717, 1.165) is 30.0 Å². The van der Waals surface area contributed by atoms with E-state index in [-0.39, 0.29) is 12.5 Å². The molecule has 25 heavy (non-hydrogen) atoms. The highest BCUT2D eigenvalue weighted by molar-refractivity contribution is 6.36. The predicted octanol–water partition coefficient (Wildman–Crippen LogP) is 5.20. The van der Waals surface area contributed by atoms with E-state index in [9.17, 15) is 4.79 Å². The van der Waals surface area contributed by atoms with Crippen LogP contribution in [0.1, 0.15) is 19.4 Å². The first-order valence-electron chi connectivity index (χ1n) is 8.29. The Hall–Kier alpha value is -1.91. The van der Waals surface area contributed by atoms with Gasteiger partial charge in [-0.1, -0.05) is 23.2 Å². The fourth-order valence-corrected chi connectivity index (χ4v) is 3.05. The molecule has 0 aliphatic heterocycles. The molecule has 0 saturated carbocycles. The first-order chi connectivity index (χ1) is 11.9. The molecule has 0 heterocycles. The van der Waals surface area contributed by atoms with Gasteiger partial charge in [0, 0.05) is 29.5 Å². The number of benzene rings is 2. The highest BCUT2D eigenvalue weighted by Gasteiger charge is 2.09. The van der Waals surface area contributed by atoms with Crippen LogP contribution in [0.4, 0.5) is 17.1 Å². The van der Waals surface area contributed by atoms with E-state index in [0.29, 0.717) is 15.7 Å². The molecule has 0 aromatic heterocycles. The van der Waals surface area contributed by atoms with Crippen molar-refractivity contribution >= 4 is 46.2 Å². The molecule has 0 unspecified atom stereocenters. The van der Waals surface area contributed by atoms with Gasteiger partial charge in [-0.3, -0.25) is 4.79 Å². The fourth-order valence-electron chi connectivity index (χ4n) is 2.58. The zero-order chi connectivity index (χ0) is 18.4. The lowest BCUT2D eigenvalue weighted by Crippen LogP contribution is -2.23. The van der Waals surface area contributed by atoms with Crippen molar-refractivity contribution in [2.24, 2.45) is 0 Å². The van der Waals surface area contributed by atoms with Gasteiger partial charge < -0.3 is 15.5 Å². The second kappa shape index (κ2) is 8.97. The molecule has 134 valence electrons. The molecule has 0 atom stereocenters. The zero-order valence-corrected chi connectivity index (χ0v) is 16.2. The third kappa shape index (κ3) is 5.28. The number of rotatable bonds is 7. The third-order valence-corrected chi connectivity index (χ3v) is 4.53. The normalized spacial score (nSPS) is 10.4. The van der Waals surface area contributed by atoms with Gasteiger partial charge in [0.25, 0.3) is 0 Å². The molecule has 1 amide bonds. The van der Waals surface area contributed by atoms with Crippen LogP contribution in [-0.2, 0) is 4.79 Å². The minimum Gasteiger partial charge on any atom is -0.375 e. The summed E-state index contributed by atoms with van der Waals surface area (Å²) in [5.41, 5.74) is 3.67. The summed E-state index contributed by atoms with van der Waals surface area (Å²) in [6.07, 6.45) is 0. The number of halogens is 2. The standard InChI is InChI=1S/C19H23Cl2N3O/c1-4-24(5-2)15-7-9-17(13(3)10-15)23-19(25)12-22-18-8-6-14(20)11-16(18)21/h6-11,22H,4-5,12H2,1-3H3,(H,23,25). The highest BCUT2D eigenvalue weighted by Crippen LogP contribution is 2.25. The monoisotopic (exact) mass is 379 g/mol. The number of hydrogen-bond donors (Lipinski definition) is 2. The van der Waals surface area contributed by atoms with E-state index < -0.39 is 0 Å². The number of nitrogens with zero attached hydrogens (tertiary/aromatic N) is 1. The van der Waals surface area contributed by atoms with Crippen LogP contribution in [0, 0.1) is 6.92 Å². The number of aryl methyl sites for hydroxylation is 1. The smallest absolute Gasteiger partial charge is 0.243 e. The van der Waals surface area contributed by atoms with Crippen molar-refractivity contribution in [3.63, 3.8) is 0 Å². The van der Waals surface area contributed by atoms with E-state index >= 15 is 0 Å². The second-order valence-electron chi connectivity index (χ2n) is 5.70. The van der Waals surface area contributed by atoms with Crippen molar-refractivity contribution in [3.05, 3.63) is 52.0 Å². The van der Waals surface area contributed by atoms with Crippen LogP contribution in [0.2, 0.25) is 10.0 Å². The molecule has 0 saturated heterocycles. The van der Waals surface area contributed by atoms with Crippen molar-refractivity contribution in [1.29, 1.82) is 0 Å². The van der Waals surface area contributed by atoms with Crippen molar-refractivity contribution in [2.75, 3.05) is 35.2 Å². The first kappa shape index (κ1) is 19.4. The molecule has 4 nitrogen and oxygen atoms in total. The molecular formula is C19H23Cl2N3O. The molecule has 2 N–H and O–H groups in total. The van der Waals surface area contributed by atoms with Crippen LogP contribution in [0.5, 0.6) is 0 Å². The van der Waals surface area contributed by atoms with Gasteiger partial charge in [0.1, 0.15) is 0 Å². The average molecular weight is 380 g/mol. The SMILES string of the molecule is CCN(CC)c1ccc(NC(=O)CNc2ccc(Cl)cc2Cl)c(C)c1. The average Bonchev–Trinajstić information content (AvgIpc) is 2.57. The Labute approximate surface area is 159 Å². The first-order valence-corrected chi connectivity index (χ1v) is 9.04. The molecule has 0 fully saturated rings. The molecule has 0 bridgehead atoms. The largest absolute Gasteiger partial charge is 0.375 e. The summed E-state index contributed by atoms with van der Waals surface area (Å²) in [5.74, 6) is -0.135. The number of nitrogens with one attached hydrogen (secondary N) is 2. The molecular weight excluding hydrogens is 357 g/mol. The fraction of sp³-hybridized carbons (Fsp3) is 0.316. The molecule has 0 aliphatic rings. The summed E-state index contributed by atoms with van der Waals surface area (Å²) in [6.45, 7) is 8.27. The lowest BCUT2D eigenvalue weighted by molar-refractivity contribution is -0.114. The summed E-state index contributed by atoms with van der Waals surface area (Å²) in [7, 11) is 0. The maximum Gasteiger partial charge on any atom is 0.243 e. The van der Waals surface area contributed by atoms with Crippen LogP contribution in [0.25, 0.3) is 0 Å². The van der Waals surface area contributed by atoms with Gasteiger partial charge in [-0.25, -0.2) is 0 Å². The van der Waals surface area contributed by atoms with Crippen molar-refractivity contribution in [1.82, 2.24) is 0 Å². The molecule has 2 aromatic carbocycles. The van der Waals surface area contributed by atoms with Crippen molar-refractivity contribution in [2.45, 2.75) is 20.8 Å². The Balaban J connectivity index is 1.98. The van der Waals surface area contributed by atoms with Crippen LogP contribution in [0.15, 0.2) is 36.4 Å². The number of anilines is 3. The Morgan fingerprint density at radius 3 is 2.32 bits per heavy atom. The summed E-state index contributed by atoms with van der Waals surface area (Å²) in [5, 5.41) is 6.99. The van der Waals surface area contributed by atoms with Crippen molar-refractivity contribution in [3.8, 4) is 0 Å². The van der Waals surface area contributed by atoms with Crippen molar-refractivity contribution < 1.29 is 4.79 Å². The Morgan fingerprint density at radius 1 is 1.04 bits per heavy atom. The molecule has 6 heteroatoms. The second-order valence-corrected chi connectivity index (χ2v) is 6.54. The molecule has 0 spiro atoms. The molecule has 2 aromatic rings. The molecule has 2 rings (SSSR count). The van der Waals surface area contributed by atoms with E-state index in [4.69, 9.17) is 23.2 Å². The molecule has 0 radical (unpaired) electrons. The number of amides is 1. The Bertz CT molecular complexity index is 745. The van der Waals surface area contributed by atoms with E-state index in [1.807, 2.05) is 19.1 Å². The van der Waals surface area contributed by atoms with Gasteiger partial charge in [-0.05, 0) is 62.7 Å². The third-order valence-electron chi connectivity index (χ3n) is 3.98. The Kier molecular flexibility index (Phi) is 6.97. The quantitative estimate of drug-likeness (QED) is 0.694. The lowest BCUT2D eigenvalue weighted by Gasteiger charge is -2.22. The van der Waals surface area contributed by atoms with Gasteiger partial charge in [0.15, 0.2) is 0 Å². The van der Waals surface area contributed by atoms with E-state index in [1.54, 1.807) is 18.2 Å². The minimum absolute atomic E-state index is 0.124. The van der Waals surface area contributed by atoms with E-state index in [1.165, 1.54) is 0 Å². The van der Waals surface area contributed by atoms with Gasteiger partial charge in [-0.2, -0.15) is 0 Å². The Morgan fingerprint density at radius 2 is 1.72 bits per heavy atom. The maximum atomic E-state index is 12.2. The van der Waals surface area contributed by atoms with Gasteiger partial charge in [0.2, 0.25) is 5.91 Å². The summed E-state index contributed by atoms with van der Waals surface area (Å²) in [4.78, 5) is 14.5. The minimum atomic E-state index is -0.135. The highest BCUT2D eigenvalue weighted by atomic mass is 35.5. The summed E-state index contributed by atoms with van der Waals surface area (Å²) in [6, 6.07) is 11.2. The maximum absolute atomic E-state index is 12.2. The van der Waals surface area contributed by atoms with Crippen LogP contribution in [-0.4, -0.2) is 25.5 Å². The predicted molar refractivity (Wildman–Crippen MR) is 108 cm³/mol. The zero-order valence-electron chi connectivity index (χ0n) is 14.7. The van der Waals surface area contributed by atoms with Crippen LogP contribution >= 0.6 is 23.2 Å². The van der Waals surface area contributed by atoms with E-state index in [2.05, 4.69) is 35.4 Å². The number of hydrogen-bond acceptors (Lipinski definition) is 3. The number of carbonyl (C=O) groups is 1. The van der Waals surface area contributed by atoms with Crippen LogP contribution in [0.3, 0.4) is 0 Å². The summed E-state index contributed by atoms with van der Waals surface area (Å²) >= 11 is 12.0. The topological polar surface area (TPSA) is 44.4 Å². The number of carbonyl (C=O) groups excluding carboxylic acids is 1. The van der Waals surface area contributed by atoms with Crippen LogP contribution < -0.4 is 15.5 Å². The lowest BCUT2D eigenvalue weighted by atomic mass is 10.1. The molecule has 0 aliphatic carbocycles.